The van der Waals surface area contributed by atoms with Gasteiger partial charge in [0.2, 0.25) is 0 Å². The number of fused-ring (bicyclic) bond motifs is 5. The molecule has 0 spiro atoms. The summed E-state index contributed by atoms with van der Waals surface area (Å²) in [4.78, 5) is 12.3. The lowest BCUT2D eigenvalue weighted by Crippen LogP contribution is -2.68. The van der Waals surface area contributed by atoms with Gasteiger partial charge in [0.1, 0.15) is 6.61 Å². The maximum absolute atomic E-state index is 12.3. The van der Waals surface area contributed by atoms with Crippen molar-refractivity contribution in [1.82, 2.24) is 0 Å². The molecule has 256 valence electrons. The normalized spacial score (nSPS) is 41.1. The number of ether oxygens (including phenoxy) is 1. The van der Waals surface area contributed by atoms with Gasteiger partial charge in [0.15, 0.2) is 0 Å². The molecule has 0 bridgehead atoms. The minimum Gasteiger partial charge on any atom is -0.463 e. The van der Waals surface area contributed by atoms with E-state index in [4.69, 9.17) is 4.74 Å². The molecule has 0 aromatic rings. The molecule has 4 N–H and O–H groups in total. The molecule has 4 fully saturated rings. The highest BCUT2D eigenvalue weighted by molar-refractivity contribution is 5.69. The van der Waals surface area contributed by atoms with Gasteiger partial charge >= 0.3 is 5.97 Å². The first-order valence-corrected chi connectivity index (χ1v) is 18.7. The molecular formula is C38H68O6. The SMILES string of the molecule is CCCCCCCCCC(=O)OCC(C)(O)C(C)CCC(C)C1CCC2C3CC(O)C4(O)CC(O)CCC4(C)C3CCC12C. The maximum Gasteiger partial charge on any atom is 0.305 e. The van der Waals surface area contributed by atoms with Crippen molar-refractivity contribution < 1.29 is 30.0 Å². The largest absolute Gasteiger partial charge is 0.463 e. The Morgan fingerprint density at radius 3 is 2.32 bits per heavy atom. The molecule has 44 heavy (non-hydrogen) atoms. The van der Waals surface area contributed by atoms with Gasteiger partial charge in [0.05, 0.1) is 23.4 Å². The summed E-state index contributed by atoms with van der Waals surface area (Å²) in [6.45, 7) is 13.3. The van der Waals surface area contributed by atoms with Gasteiger partial charge in [-0.1, -0.05) is 79.6 Å². The molecule has 0 aromatic heterocycles. The third-order valence-corrected chi connectivity index (χ3v) is 14.2. The molecule has 0 heterocycles. The van der Waals surface area contributed by atoms with Gasteiger partial charge in [-0.3, -0.25) is 4.79 Å². The molecule has 6 heteroatoms. The minimum atomic E-state index is -1.18. The highest BCUT2D eigenvalue weighted by atomic mass is 16.5. The fraction of sp³-hybridized carbons (Fsp3) is 0.974. The Bertz CT molecular complexity index is 936. The van der Waals surface area contributed by atoms with Crippen molar-refractivity contribution in [1.29, 1.82) is 0 Å². The standard InChI is InChI=1S/C38H68O6/c1-7-8-9-10-11-12-13-14-34(41)44-25-37(6,42)27(3)16-15-26(2)30-17-18-31-29-23-33(40)38(43)24-28(39)19-22-36(38,5)32(29)20-21-35(30,31)4/h26-33,39-40,42-43H,7-25H2,1-6H3. The van der Waals surface area contributed by atoms with E-state index in [-0.39, 0.29) is 29.3 Å². The predicted octanol–water partition coefficient (Wildman–Crippen LogP) is 7.58. The van der Waals surface area contributed by atoms with E-state index in [2.05, 4.69) is 34.6 Å². The zero-order chi connectivity index (χ0) is 32.3. The average molecular weight is 621 g/mol. The van der Waals surface area contributed by atoms with E-state index >= 15 is 0 Å². The number of unbranched alkanes of at least 4 members (excludes halogenated alkanes) is 6. The van der Waals surface area contributed by atoms with Crippen LogP contribution in [-0.2, 0) is 9.53 Å². The second-order valence-electron chi connectivity index (χ2n) is 16.9. The summed E-state index contributed by atoms with van der Waals surface area (Å²) in [6.07, 6.45) is 16.4. The lowest BCUT2D eigenvalue weighted by molar-refractivity contribution is -0.264. The van der Waals surface area contributed by atoms with E-state index in [9.17, 15) is 25.2 Å². The predicted molar refractivity (Wildman–Crippen MR) is 176 cm³/mol. The molecule has 0 radical (unpaired) electrons. The Morgan fingerprint density at radius 2 is 1.61 bits per heavy atom. The second kappa shape index (κ2) is 14.6. The number of rotatable bonds is 15. The third-order valence-electron chi connectivity index (χ3n) is 14.2. The topological polar surface area (TPSA) is 107 Å². The Kier molecular flexibility index (Phi) is 12.0. The lowest BCUT2D eigenvalue weighted by atomic mass is 9.42. The van der Waals surface area contributed by atoms with Crippen molar-refractivity contribution in [2.75, 3.05) is 6.61 Å². The molecule has 12 unspecified atom stereocenters. The summed E-state index contributed by atoms with van der Waals surface area (Å²) in [7, 11) is 0. The molecule has 6 nitrogen and oxygen atoms in total. The van der Waals surface area contributed by atoms with E-state index in [1.54, 1.807) is 0 Å². The van der Waals surface area contributed by atoms with E-state index in [0.29, 0.717) is 48.9 Å². The zero-order valence-corrected chi connectivity index (χ0v) is 29.2. The number of hydrogen-bond donors (Lipinski definition) is 4. The van der Waals surface area contributed by atoms with Crippen molar-refractivity contribution in [3.05, 3.63) is 0 Å². The van der Waals surface area contributed by atoms with Crippen LogP contribution >= 0.6 is 0 Å². The van der Waals surface area contributed by atoms with Crippen LogP contribution in [0.2, 0.25) is 0 Å². The first-order chi connectivity index (χ1) is 20.7. The zero-order valence-electron chi connectivity index (χ0n) is 29.2. The van der Waals surface area contributed by atoms with Crippen LogP contribution in [0.3, 0.4) is 0 Å². The Hall–Kier alpha value is -0.690. The number of carbonyl (C=O) groups excluding carboxylic acids is 1. The molecule has 4 saturated carbocycles. The van der Waals surface area contributed by atoms with Gasteiger partial charge in [0.25, 0.3) is 0 Å². The van der Waals surface area contributed by atoms with Crippen molar-refractivity contribution >= 4 is 5.97 Å². The van der Waals surface area contributed by atoms with Crippen LogP contribution in [0.5, 0.6) is 0 Å². The number of carbonyl (C=O) groups is 1. The molecule has 4 rings (SSSR count). The van der Waals surface area contributed by atoms with Crippen LogP contribution in [0, 0.1) is 46.3 Å². The van der Waals surface area contributed by atoms with Crippen LogP contribution in [0.1, 0.15) is 157 Å². The molecule has 0 aliphatic heterocycles. The van der Waals surface area contributed by atoms with Crippen LogP contribution in [0.15, 0.2) is 0 Å². The van der Waals surface area contributed by atoms with Gasteiger partial charge in [-0.15, -0.1) is 0 Å². The number of hydrogen-bond acceptors (Lipinski definition) is 6. The van der Waals surface area contributed by atoms with E-state index < -0.39 is 23.4 Å². The number of esters is 1. The van der Waals surface area contributed by atoms with Crippen molar-refractivity contribution in [2.24, 2.45) is 46.3 Å². The molecule has 4 aliphatic rings. The van der Waals surface area contributed by atoms with E-state index in [0.717, 1.165) is 44.9 Å². The van der Waals surface area contributed by atoms with Gasteiger partial charge in [-0.2, -0.15) is 0 Å². The summed E-state index contributed by atoms with van der Waals surface area (Å²) in [5.41, 5.74) is -2.32. The maximum atomic E-state index is 12.3. The summed E-state index contributed by atoms with van der Waals surface area (Å²) in [5, 5.41) is 44.7. The number of aliphatic hydroxyl groups excluding tert-OH is 2. The fourth-order valence-corrected chi connectivity index (χ4v) is 10.9. The molecule has 4 aliphatic carbocycles. The highest BCUT2D eigenvalue weighted by Crippen LogP contribution is 2.69. The fourth-order valence-electron chi connectivity index (χ4n) is 10.9. The smallest absolute Gasteiger partial charge is 0.305 e. The van der Waals surface area contributed by atoms with Gasteiger partial charge in [-0.25, -0.2) is 0 Å². The van der Waals surface area contributed by atoms with Crippen LogP contribution in [0.4, 0.5) is 0 Å². The quantitative estimate of drug-likeness (QED) is 0.111. The number of aliphatic hydroxyl groups is 4. The molecule has 0 saturated heterocycles. The van der Waals surface area contributed by atoms with E-state index in [1.165, 1.54) is 51.4 Å². The Morgan fingerprint density at radius 1 is 0.932 bits per heavy atom. The molecule has 0 aromatic carbocycles. The van der Waals surface area contributed by atoms with Crippen LogP contribution in [0.25, 0.3) is 0 Å². The third kappa shape index (κ3) is 7.24. The summed E-state index contributed by atoms with van der Waals surface area (Å²) >= 11 is 0. The summed E-state index contributed by atoms with van der Waals surface area (Å²) in [6, 6.07) is 0. The summed E-state index contributed by atoms with van der Waals surface area (Å²) < 4.78 is 5.54. The Balaban J connectivity index is 1.26. The van der Waals surface area contributed by atoms with Crippen molar-refractivity contribution in [2.45, 2.75) is 181 Å². The lowest BCUT2D eigenvalue weighted by Gasteiger charge is -2.65. The first kappa shape index (κ1) is 36.2. The van der Waals surface area contributed by atoms with Crippen LogP contribution in [-0.4, -0.2) is 56.4 Å². The first-order valence-electron chi connectivity index (χ1n) is 18.7. The summed E-state index contributed by atoms with van der Waals surface area (Å²) in [5.74, 6) is 2.38. The average Bonchev–Trinajstić information content (AvgIpc) is 3.33. The monoisotopic (exact) mass is 621 g/mol. The van der Waals surface area contributed by atoms with Gasteiger partial charge < -0.3 is 25.2 Å². The Labute approximate surface area is 269 Å². The van der Waals surface area contributed by atoms with Gasteiger partial charge in [0, 0.05) is 18.3 Å². The second-order valence-corrected chi connectivity index (χ2v) is 16.9. The van der Waals surface area contributed by atoms with Crippen molar-refractivity contribution in [3.8, 4) is 0 Å². The molecule has 12 atom stereocenters. The molecule has 0 amide bonds. The minimum absolute atomic E-state index is 0.0322. The van der Waals surface area contributed by atoms with Crippen molar-refractivity contribution in [3.63, 3.8) is 0 Å². The molecular weight excluding hydrogens is 552 g/mol. The van der Waals surface area contributed by atoms with Gasteiger partial charge in [-0.05, 0) is 106 Å². The highest BCUT2D eigenvalue weighted by Gasteiger charge is 2.67. The van der Waals surface area contributed by atoms with E-state index in [1.807, 2.05) is 6.92 Å². The van der Waals surface area contributed by atoms with Crippen LogP contribution < -0.4 is 0 Å².